The fraction of sp³-hybridized carbons (Fsp3) is 0.304. The predicted molar refractivity (Wildman–Crippen MR) is 123 cm³/mol. The number of para-hydroxylation sites is 1. The molecule has 2 aromatic carbocycles. The van der Waals surface area contributed by atoms with Crippen LogP contribution in [0.25, 0.3) is 10.9 Å². The predicted octanol–water partition coefficient (Wildman–Crippen LogP) is 2.81. The first kappa shape index (κ1) is 23.8. The number of alkyl halides is 3. The van der Waals surface area contributed by atoms with E-state index in [0.717, 1.165) is 17.8 Å². The normalized spacial score (nSPS) is 13.8. The molecule has 1 aromatic heterocycles. The largest absolute Gasteiger partial charge is 0.416 e. The van der Waals surface area contributed by atoms with Crippen LogP contribution in [0, 0.1) is 0 Å². The average Bonchev–Trinajstić information content (AvgIpc) is 2.78. The summed E-state index contributed by atoms with van der Waals surface area (Å²) in [5.74, 6) is -0.640. The van der Waals surface area contributed by atoms with Gasteiger partial charge in [-0.1, -0.05) is 24.3 Å². The lowest BCUT2D eigenvalue weighted by molar-refractivity contribution is -0.137. The minimum absolute atomic E-state index is 0.0158. The van der Waals surface area contributed by atoms with Gasteiger partial charge in [-0.05, 0) is 29.8 Å². The summed E-state index contributed by atoms with van der Waals surface area (Å²) in [6, 6.07) is 11.3. The number of amides is 1. The van der Waals surface area contributed by atoms with Crippen molar-refractivity contribution in [2.45, 2.75) is 19.3 Å². The Morgan fingerprint density at radius 1 is 1.09 bits per heavy atom. The van der Waals surface area contributed by atoms with Gasteiger partial charge in [-0.25, -0.2) is 8.42 Å². The second kappa shape index (κ2) is 8.79. The molecule has 2 heterocycles. The molecule has 0 aliphatic carbocycles. The Labute approximate surface area is 193 Å². The molecule has 1 aliphatic rings. The van der Waals surface area contributed by atoms with Crippen molar-refractivity contribution in [3.8, 4) is 0 Å². The zero-order valence-corrected chi connectivity index (χ0v) is 19.0. The maximum absolute atomic E-state index is 13.1. The lowest BCUT2D eigenvalue weighted by atomic mass is 10.1. The summed E-state index contributed by atoms with van der Waals surface area (Å²) in [7, 11) is -3.15. The molecule has 4 rings (SSSR count). The molecule has 0 radical (unpaired) electrons. The highest BCUT2D eigenvalue weighted by Crippen LogP contribution is 2.30. The summed E-state index contributed by atoms with van der Waals surface area (Å²) in [5, 5.41) is 3.25. The third-order valence-corrected chi connectivity index (χ3v) is 6.66. The molecule has 0 saturated carbocycles. The number of sulfone groups is 1. The number of anilines is 1. The molecule has 0 bridgehead atoms. The number of carbonyl (C=O) groups is 1. The highest BCUT2D eigenvalue weighted by atomic mass is 32.2. The number of halogens is 3. The van der Waals surface area contributed by atoms with Gasteiger partial charge >= 0.3 is 6.18 Å². The van der Waals surface area contributed by atoms with Crippen molar-refractivity contribution in [2.24, 2.45) is 0 Å². The van der Waals surface area contributed by atoms with Crippen LogP contribution in [0.3, 0.4) is 0 Å². The van der Waals surface area contributed by atoms with E-state index in [2.05, 4.69) is 5.32 Å². The summed E-state index contributed by atoms with van der Waals surface area (Å²) in [5.41, 5.74) is 0.491. The van der Waals surface area contributed by atoms with Crippen LogP contribution in [0.2, 0.25) is 0 Å². The Morgan fingerprint density at radius 3 is 2.44 bits per heavy atom. The van der Waals surface area contributed by atoms with E-state index in [1.165, 1.54) is 29.0 Å². The molecular formula is C23H22F3N3O4S. The minimum Gasteiger partial charge on any atom is -0.367 e. The van der Waals surface area contributed by atoms with Crippen LogP contribution >= 0.6 is 0 Å². The summed E-state index contributed by atoms with van der Waals surface area (Å²) in [4.78, 5) is 27.8. The molecule has 0 saturated heterocycles. The van der Waals surface area contributed by atoms with Gasteiger partial charge in [-0.2, -0.15) is 13.2 Å². The van der Waals surface area contributed by atoms with Crippen molar-refractivity contribution in [1.82, 2.24) is 9.88 Å². The van der Waals surface area contributed by atoms with E-state index in [1.807, 2.05) is 11.0 Å². The van der Waals surface area contributed by atoms with Crippen LogP contribution in [-0.4, -0.2) is 44.0 Å². The Bertz CT molecular complexity index is 1410. The molecule has 34 heavy (non-hydrogen) atoms. The second-order valence-electron chi connectivity index (χ2n) is 8.22. The second-order valence-corrected chi connectivity index (χ2v) is 10.5. The topological polar surface area (TPSA) is 88.5 Å². The van der Waals surface area contributed by atoms with Gasteiger partial charge in [-0.3, -0.25) is 9.59 Å². The lowest BCUT2D eigenvalue weighted by Gasteiger charge is -2.32. The first-order valence-corrected chi connectivity index (χ1v) is 12.5. The van der Waals surface area contributed by atoms with Gasteiger partial charge in [0.15, 0.2) is 0 Å². The Hall–Kier alpha value is -3.34. The first-order chi connectivity index (χ1) is 15.9. The summed E-state index contributed by atoms with van der Waals surface area (Å²) >= 11 is 0. The summed E-state index contributed by atoms with van der Waals surface area (Å²) in [6.45, 7) is 0.962. The molecular weight excluding hydrogens is 471 g/mol. The zero-order valence-electron chi connectivity index (χ0n) is 18.2. The molecule has 0 atom stereocenters. The molecule has 1 N–H and O–H groups in total. The average molecular weight is 494 g/mol. The van der Waals surface area contributed by atoms with Crippen molar-refractivity contribution in [1.29, 1.82) is 0 Å². The van der Waals surface area contributed by atoms with Gasteiger partial charge in [0.05, 0.1) is 22.5 Å². The quantitative estimate of drug-likeness (QED) is 0.571. The number of aromatic nitrogens is 1. The third kappa shape index (κ3) is 4.93. The number of carbonyl (C=O) groups excluding carboxylic acids is 1. The van der Waals surface area contributed by atoms with E-state index in [9.17, 15) is 31.2 Å². The molecule has 3 aromatic rings. The highest BCUT2D eigenvalue weighted by Gasteiger charge is 2.30. The van der Waals surface area contributed by atoms with Crippen molar-refractivity contribution in [3.05, 3.63) is 75.6 Å². The van der Waals surface area contributed by atoms with E-state index in [4.69, 9.17) is 0 Å². The number of pyridine rings is 1. The standard InChI is InChI=1S/C23H22F3N3O4S/c1-34(32,33)12-11-28-9-10-29-20-16(3-2-4-19(20)28)13-18(22(29)31)21(30)27-14-15-5-7-17(8-6-15)23(24,25)26/h2-8,13H,9-12,14H2,1H3,(H,27,30). The minimum atomic E-state index is -4.44. The molecule has 0 spiro atoms. The van der Waals surface area contributed by atoms with E-state index in [-0.39, 0.29) is 24.4 Å². The van der Waals surface area contributed by atoms with Gasteiger partial charge in [0.1, 0.15) is 15.4 Å². The van der Waals surface area contributed by atoms with Crippen molar-refractivity contribution in [3.63, 3.8) is 0 Å². The monoisotopic (exact) mass is 493 g/mol. The maximum Gasteiger partial charge on any atom is 0.416 e. The number of hydrogen-bond donors (Lipinski definition) is 1. The number of nitrogens with zero attached hydrogens (tertiary/aromatic N) is 2. The zero-order chi connectivity index (χ0) is 24.7. The van der Waals surface area contributed by atoms with Gasteiger partial charge in [0, 0.05) is 37.8 Å². The Morgan fingerprint density at radius 2 is 1.79 bits per heavy atom. The van der Waals surface area contributed by atoms with E-state index in [1.54, 1.807) is 12.1 Å². The number of hydrogen-bond acceptors (Lipinski definition) is 5. The molecule has 1 aliphatic heterocycles. The number of rotatable bonds is 6. The van der Waals surface area contributed by atoms with Crippen LogP contribution in [0.1, 0.15) is 21.5 Å². The van der Waals surface area contributed by atoms with Crippen molar-refractivity contribution < 1.29 is 26.4 Å². The van der Waals surface area contributed by atoms with Crippen LogP contribution in [-0.2, 0) is 29.1 Å². The number of benzene rings is 2. The van der Waals surface area contributed by atoms with Crippen LogP contribution in [0.5, 0.6) is 0 Å². The molecule has 0 unspecified atom stereocenters. The van der Waals surface area contributed by atoms with Gasteiger partial charge in [-0.15, -0.1) is 0 Å². The van der Waals surface area contributed by atoms with Crippen LogP contribution in [0.15, 0.2) is 53.3 Å². The Balaban J connectivity index is 1.58. The van der Waals surface area contributed by atoms with E-state index >= 15 is 0 Å². The molecule has 7 nitrogen and oxygen atoms in total. The summed E-state index contributed by atoms with van der Waals surface area (Å²) in [6.07, 6.45) is -3.27. The molecule has 1 amide bonds. The fourth-order valence-corrected chi connectivity index (χ4v) is 4.55. The third-order valence-electron chi connectivity index (χ3n) is 5.74. The molecule has 0 fully saturated rings. The first-order valence-electron chi connectivity index (χ1n) is 10.5. The highest BCUT2D eigenvalue weighted by molar-refractivity contribution is 7.90. The molecule has 180 valence electrons. The van der Waals surface area contributed by atoms with E-state index < -0.39 is 33.0 Å². The van der Waals surface area contributed by atoms with Crippen molar-refractivity contribution >= 4 is 32.3 Å². The summed E-state index contributed by atoms with van der Waals surface area (Å²) < 4.78 is 62.8. The smallest absolute Gasteiger partial charge is 0.367 e. The van der Waals surface area contributed by atoms with E-state index in [0.29, 0.717) is 29.6 Å². The fourth-order valence-electron chi connectivity index (χ4n) is 3.99. The van der Waals surface area contributed by atoms with Crippen LogP contribution < -0.4 is 15.8 Å². The maximum atomic E-state index is 13.1. The lowest BCUT2D eigenvalue weighted by Crippen LogP contribution is -2.41. The Kier molecular flexibility index (Phi) is 6.15. The van der Waals surface area contributed by atoms with Gasteiger partial charge < -0.3 is 14.8 Å². The SMILES string of the molecule is CS(=O)(=O)CCN1CCn2c(=O)c(C(=O)NCc3ccc(C(F)(F)F)cc3)cc3cccc1c32. The van der Waals surface area contributed by atoms with Gasteiger partial charge in [0.25, 0.3) is 11.5 Å². The van der Waals surface area contributed by atoms with Gasteiger partial charge in [0.2, 0.25) is 0 Å². The molecule has 11 heteroatoms. The van der Waals surface area contributed by atoms with Crippen LogP contribution in [0.4, 0.5) is 18.9 Å². The van der Waals surface area contributed by atoms with Crippen molar-refractivity contribution in [2.75, 3.05) is 30.0 Å². The number of nitrogens with one attached hydrogen (secondary N) is 1.